The molecule has 0 aliphatic rings. The van der Waals surface area contributed by atoms with Crippen molar-refractivity contribution >= 4 is 10.9 Å². The lowest BCUT2D eigenvalue weighted by Gasteiger charge is -2.22. The van der Waals surface area contributed by atoms with E-state index >= 15 is 0 Å². The lowest BCUT2D eigenvalue weighted by molar-refractivity contribution is 0.592. The summed E-state index contributed by atoms with van der Waals surface area (Å²) in [5.74, 6) is 0. The minimum Gasteiger partial charge on any atom is -0.275 e. The third kappa shape index (κ3) is 1.65. The SMILES string of the molecule is Cc1ccc2nn(C)cc2c1C(C)(C)C. The van der Waals surface area contributed by atoms with Gasteiger partial charge in [0.25, 0.3) is 0 Å². The van der Waals surface area contributed by atoms with Crippen LogP contribution in [0.2, 0.25) is 0 Å². The average Bonchev–Trinajstić information content (AvgIpc) is 2.41. The molecule has 0 saturated carbocycles. The molecule has 0 aliphatic carbocycles. The molecule has 80 valence electrons. The van der Waals surface area contributed by atoms with Gasteiger partial charge in [-0.1, -0.05) is 26.8 Å². The van der Waals surface area contributed by atoms with Crippen LogP contribution in [0.4, 0.5) is 0 Å². The highest BCUT2D eigenvalue weighted by Crippen LogP contribution is 2.32. The molecule has 2 rings (SSSR count). The summed E-state index contributed by atoms with van der Waals surface area (Å²) in [6.07, 6.45) is 2.11. The molecule has 0 bridgehead atoms. The van der Waals surface area contributed by atoms with Crippen molar-refractivity contribution in [3.05, 3.63) is 29.5 Å². The minimum absolute atomic E-state index is 0.173. The predicted molar refractivity (Wildman–Crippen MR) is 64.2 cm³/mol. The molecule has 0 fully saturated rings. The molecular formula is C13H18N2. The van der Waals surface area contributed by atoms with Gasteiger partial charge in [-0.2, -0.15) is 5.10 Å². The van der Waals surface area contributed by atoms with Crippen LogP contribution in [0.3, 0.4) is 0 Å². The molecule has 0 amide bonds. The van der Waals surface area contributed by atoms with Crippen molar-refractivity contribution in [3.63, 3.8) is 0 Å². The van der Waals surface area contributed by atoms with Crippen molar-refractivity contribution in [2.45, 2.75) is 33.1 Å². The third-order valence-corrected chi connectivity index (χ3v) is 2.76. The van der Waals surface area contributed by atoms with Crippen LogP contribution in [0.25, 0.3) is 10.9 Å². The van der Waals surface area contributed by atoms with E-state index in [1.807, 2.05) is 11.7 Å². The lowest BCUT2D eigenvalue weighted by atomic mass is 9.82. The van der Waals surface area contributed by atoms with E-state index in [2.05, 4.69) is 51.1 Å². The first kappa shape index (κ1) is 10.2. The van der Waals surface area contributed by atoms with Gasteiger partial charge in [0.1, 0.15) is 0 Å². The topological polar surface area (TPSA) is 17.8 Å². The first-order chi connectivity index (χ1) is 6.89. The Hall–Kier alpha value is -1.31. The number of hydrogen-bond donors (Lipinski definition) is 0. The van der Waals surface area contributed by atoms with Crippen LogP contribution in [-0.2, 0) is 12.5 Å². The maximum Gasteiger partial charge on any atom is 0.0926 e. The zero-order valence-electron chi connectivity index (χ0n) is 10.1. The summed E-state index contributed by atoms with van der Waals surface area (Å²) in [4.78, 5) is 0. The number of nitrogens with zero attached hydrogens (tertiary/aromatic N) is 2. The van der Waals surface area contributed by atoms with Gasteiger partial charge in [-0.25, -0.2) is 0 Å². The molecule has 0 spiro atoms. The number of rotatable bonds is 0. The number of fused-ring (bicyclic) bond motifs is 1. The van der Waals surface area contributed by atoms with E-state index in [1.165, 1.54) is 16.5 Å². The first-order valence-electron chi connectivity index (χ1n) is 5.33. The zero-order chi connectivity index (χ0) is 11.2. The molecule has 0 unspecified atom stereocenters. The van der Waals surface area contributed by atoms with Crippen LogP contribution < -0.4 is 0 Å². The Kier molecular flexibility index (Phi) is 2.10. The summed E-state index contributed by atoms with van der Waals surface area (Å²) in [5.41, 5.74) is 4.02. The largest absolute Gasteiger partial charge is 0.275 e. The average molecular weight is 202 g/mol. The van der Waals surface area contributed by atoms with Crippen molar-refractivity contribution in [2.75, 3.05) is 0 Å². The summed E-state index contributed by atoms with van der Waals surface area (Å²) in [7, 11) is 1.97. The predicted octanol–water partition coefficient (Wildman–Crippen LogP) is 3.18. The van der Waals surface area contributed by atoms with Crippen LogP contribution in [-0.4, -0.2) is 9.78 Å². The maximum atomic E-state index is 4.45. The second-order valence-electron chi connectivity index (χ2n) is 5.24. The Bertz CT molecular complexity index is 501. The summed E-state index contributed by atoms with van der Waals surface area (Å²) in [5, 5.41) is 5.73. The molecule has 0 atom stereocenters. The fraction of sp³-hybridized carbons (Fsp3) is 0.462. The van der Waals surface area contributed by atoms with E-state index < -0.39 is 0 Å². The molecule has 0 radical (unpaired) electrons. The molecule has 2 nitrogen and oxygen atoms in total. The minimum atomic E-state index is 0.173. The summed E-state index contributed by atoms with van der Waals surface area (Å²) >= 11 is 0. The first-order valence-corrected chi connectivity index (χ1v) is 5.33. The fourth-order valence-electron chi connectivity index (χ4n) is 2.32. The normalized spacial score (nSPS) is 12.3. The number of benzene rings is 1. The monoisotopic (exact) mass is 202 g/mol. The van der Waals surface area contributed by atoms with Crippen molar-refractivity contribution in [3.8, 4) is 0 Å². The smallest absolute Gasteiger partial charge is 0.0926 e. The van der Waals surface area contributed by atoms with Gasteiger partial charge in [0, 0.05) is 18.6 Å². The van der Waals surface area contributed by atoms with E-state index in [0.717, 1.165) is 5.52 Å². The van der Waals surface area contributed by atoms with Crippen LogP contribution in [0.5, 0.6) is 0 Å². The number of aryl methyl sites for hydroxylation is 2. The second-order valence-corrected chi connectivity index (χ2v) is 5.24. The molecule has 2 heteroatoms. The molecular weight excluding hydrogens is 184 g/mol. The summed E-state index contributed by atoms with van der Waals surface area (Å²) < 4.78 is 1.89. The molecule has 0 aliphatic heterocycles. The lowest BCUT2D eigenvalue weighted by Crippen LogP contribution is -2.13. The Labute approximate surface area is 90.9 Å². The van der Waals surface area contributed by atoms with E-state index in [9.17, 15) is 0 Å². The maximum absolute atomic E-state index is 4.45. The van der Waals surface area contributed by atoms with Crippen LogP contribution >= 0.6 is 0 Å². The summed E-state index contributed by atoms with van der Waals surface area (Å²) in [6, 6.07) is 4.26. The fourth-order valence-corrected chi connectivity index (χ4v) is 2.32. The van der Waals surface area contributed by atoms with Gasteiger partial charge in [-0.15, -0.1) is 0 Å². The zero-order valence-corrected chi connectivity index (χ0v) is 10.1. The second kappa shape index (κ2) is 3.09. The summed E-state index contributed by atoms with van der Waals surface area (Å²) in [6.45, 7) is 8.93. The van der Waals surface area contributed by atoms with E-state index in [0.29, 0.717) is 0 Å². The molecule has 0 saturated heterocycles. The molecule has 0 N–H and O–H groups in total. The standard InChI is InChI=1S/C13H18N2/c1-9-6-7-11-10(8-15(5)14-11)12(9)13(2,3)4/h6-8H,1-5H3. The molecule has 1 aromatic heterocycles. The van der Waals surface area contributed by atoms with Gasteiger partial charge in [0.15, 0.2) is 0 Å². The van der Waals surface area contributed by atoms with Gasteiger partial charge in [-0.3, -0.25) is 4.68 Å². The highest BCUT2D eigenvalue weighted by Gasteiger charge is 2.20. The van der Waals surface area contributed by atoms with Gasteiger partial charge >= 0.3 is 0 Å². The Morgan fingerprint density at radius 1 is 1.20 bits per heavy atom. The number of aromatic nitrogens is 2. The highest BCUT2D eigenvalue weighted by molar-refractivity contribution is 5.84. The van der Waals surface area contributed by atoms with Crippen molar-refractivity contribution in [1.82, 2.24) is 9.78 Å². The Balaban J connectivity index is 2.85. The van der Waals surface area contributed by atoms with Gasteiger partial charge in [0.05, 0.1) is 5.52 Å². The number of hydrogen-bond acceptors (Lipinski definition) is 1. The van der Waals surface area contributed by atoms with Crippen molar-refractivity contribution in [1.29, 1.82) is 0 Å². The molecule has 1 heterocycles. The van der Waals surface area contributed by atoms with Gasteiger partial charge < -0.3 is 0 Å². The van der Waals surface area contributed by atoms with Crippen LogP contribution in [0.15, 0.2) is 18.3 Å². The van der Waals surface area contributed by atoms with E-state index in [4.69, 9.17) is 0 Å². The molecule has 2 aromatic rings. The Morgan fingerprint density at radius 2 is 1.87 bits per heavy atom. The van der Waals surface area contributed by atoms with Crippen LogP contribution in [0, 0.1) is 6.92 Å². The third-order valence-electron chi connectivity index (χ3n) is 2.76. The van der Waals surface area contributed by atoms with Crippen molar-refractivity contribution in [2.24, 2.45) is 7.05 Å². The van der Waals surface area contributed by atoms with Crippen molar-refractivity contribution < 1.29 is 0 Å². The van der Waals surface area contributed by atoms with E-state index in [-0.39, 0.29) is 5.41 Å². The van der Waals surface area contributed by atoms with E-state index in [1.54, 1.807) is 0 Å². The highest BCUT2D eigenvalue weighted by atomic mass is 15.2. The quantitative estimate of drug-likeness (QED) is 0.641. The molecule has 15 heavy (non-hydrogen) atoms. The van der Waals surface area contributed by atoms with Crippen LogP contribution in [0.1, 0.15) is 31.9 Å². The Morgan fingerprint density at radius 3 is 2.47 bits per heavy atom. The van der Waals surface area contributed by atoms with Gasteiger partial charge in [-0.05, 0) is 29.5 Å². The molecule has 1 aromatic carbocycles. The van der Waals surface area contributed by atoms with Gasteiger partial charge in [0.2, 0.25) is 0 Å².